The number of rotatable bonds is 7. The molecule has 0 atom stereocenters. The quantitative estimate of drug-likeness (QED) is 0.808. The van der Waals surface area contributed by atoms with Crippen LogP contribution in [0.3, 0.4) is 0 Å². The predicted molar refractivity (Wildman–Crippen MR) is 83.2 cm³/mol. The Hall–Kier alpha value is -1.93. The molecule has 0 aliphatic carbocycles. The molecule has 1 aromatic rings. The zero-order valence-corrected chi connectivity index (χ0v) is 13.6. The van der Waals surface area contributed by atoms with Gasteiger partial charge in [0.25, 0.3) is 0 Å². The van der Waals surface area contributed by atoms with Crippen LogP contribution in [0.25, 0.3) is 0 Å². The Balaban J connectivity index is 2.06. The van der Waals surface area contributed by atoms with Crippen LogP contribution in [0.2, 0.25) is 0 Å². The van der Waals surface area contributed by atoms with Gasteiger partial charge in [0, 0.05) is 38.3 Å². The maximum absolute atomic E-state index is 12.7. The fourth-order valence-electron chi connectivity index (χ4n) is 2.67. The van der Waals surface area contributed by atoms with E-state index in [1.165, 1.54) is 0 Å². The van der Waals surface area contributed by atoms with E-state index in [2.05, 4.69) is 4.74 Å². The number of hydrogen-bond donors (Lipinski definition) is 1. The van der Waals surface area contributed by atoms with Gasteiger partial charge in [-0.3, -0.25) is 9.69 Å². The summed E-state index contributed by atoms with van der Waals surface area (Å²) >= 11 is 0. The SMILES string of the molecule is CCOc1cccc(CN2CCN(C(=O)CO)CC2)c1OC(F)F. The minimum absolute atomic E-state index is 0.0585. The molecule has 2 rings (SSSR count). The van der Waals surface area contributed by atoms with Crippen molar-refractivity contribution >= 4 is 5.91 Å². The van der Waals surface area contributed by atoms with Gasteiger partial charge in [0.1, 0.15) is 6.61 Å². The van der Waals surface area contributed by atoms with Gasteiger partial charge in [-0.2, -0.15) is 8.78 Å². The number of piperazine rings is 1. The molecule has 1 saturated heterocycles. The van der Waals surface area contributed by atoms with Gasteiger partial charge >= 0.3 is 6.61 Å². The molecule has 1 aliphatic rings. The van der Waals surface area contributed by atoms with Crippen molar-refractivity contribution in [2.24, 2.45) is 0 Å². The van der Waals surface area contributed by atoms with Gasteiger partial charge in [-0.25, -0.2) is 0 Å². The van der Waals surface area contributed by atoms with E-state index in [0.717, 1.165) is 0 Å². The Morgan fingerprint density at radius 1 is 1.29 bits per heavy atom. The molecule has 0 bridgehead atoms. The molecule has 0 unspecified atom stereocenters. The van der Waals surface area contributed by atoms with Crippen molar-refractivity contribution in [3.63, 3.8) is 0 Å². The molecule has 6 nitrogen and oxygen atoms in total. The van der Waals surface area contributed by atoms with E-state index in [1.54, 1.807) is 30.0 Å². The monoisotopic (exact) mass is 344 g/mol. The molecule has 0 radical (unpaired) electrons. The molecular weight excluding hydrogens is 322 g/mol. The molecule has 1 fully saturated rings. The minimum atomic E-state index is -2.93. The second-order valence-electron chi connectivity index (χ2n) is 5.37. The molecule has 0 saturated carbocycles. The highest BCUT2D eigenvalue weighted by atomic mass is 19.3. The standard InChI is InChI=1S/C16H22F2N2O4/c1-2-23-13-5-3-4-12(15(13)24-16(17)18)10-19-6-8-20(9-7-19)14(22)11-21/h3-5,16,21H,2,6-11H2,1H3. The van der Waals surface area contributed by atoms with Crippen LogP contribution in [-0.2, 0) is 11.3 Å². The molecule has 1 amide bonds. The van der Waals surface area contributed by atoms with E-state index in [4.69, 9.17) is 9.84 Å². The third-order valence-electron chi connectivity index (χ3n) is 3.82. The largest absolute Gasteiger partial charge is 0.490 e. The first-order valence-electron chi connectivity index (χ1n) is 7.85. The number of carbonyl (C=O) groups is 1. The van der Waals surface area contributed by atoms with Gasteiger partial charge < -0.3 is 19.5 Å². The fourth-order valence-corrected chi connectivity index (χ4v) is 2.67. The number of aliphatic hydroxyl groups excluding tert-OH is 1. The van der Waals surface area contributed by atoms with Gasteiger partial charge in [-0.05, 0) is 13.0 Å². The van der Waals surface area contributed by atoms with E-state index in [1.807, 2.05) is 4.90 Å². The Labute approximate surface area is 139 Å². The number of carbonyl (C=O) groups excluding carboxylic acids is 1. The van der Waals surface area contributed by atoms with Crippen LogP contribution in [0.1, 0.15) is 12.5 Å². The van der Waals surface area contributed by atoms with Gasteiger partial charge in [0.15, 0.2) is 11.5 Å². The molecule has 1 aromatic carbocycles. The molecule has 1 heterocycles. The third-order valence-corrected chi connectivity index (χ3v) is 3.82. The molecule has 8 heteroatoms. The smallest absolute Gasteiger partial charge is 0.387 e. The number of aliphatic hydroxyl groups is 1. The van der Waals surface area contributed by atoms with E-state index in [0.29, 0.717) is 50.6 Å². The zero-order chi connectivity index (χ0) is 17.5. The summed E-state index contributed by atoms with van der Waals surface area (Å²) in [6, 6.07) is 5.07. The van der Waals surface area contributed by atoms with Crippen LogP contribution in [0.15, 0.2) is 18.2 Å². The maximum Gasteiger partial charge on any atom is 0.387 e. The number of para-hydroxylation sites is 1. The second kappa shape index (κ2) is 8.79. The van der Waals surface area contributed by atoms with Crippen molar-refractivity contribution in [1.82, 2.24) is 9.80 Å². The topological polar surface area (TPSA) is 62.2 Å². The highest BCUT2D eigenvalue weighted by Crippen LogP contribution is 2.33. The normalized spacial score (nSPS) is 15.6. The summed E-state index contributed by atoms with van der Waals surface area (Å²) in [4.78, 5) is 15.1. The summed E-state index contributed by atoms with van der Waals surface area (Å²) < 4.78 is 35.5. The van der Waals surface area contributed by atoms with Crippen molar-refractivity contribution in [2.75, 3.05) is 39.4 Å². The van der Waals surface area contributed by atoms with E-state index in [-0.39, 0.29) is 11.7 Å². The summed E-state index contributed by atoms with van der Waals surface area (Å²) in [5.41, 5.74) is 0.614. The molecule has 134 valence electrons. The average Bonchev–Trinajstić information content (AvgIpc) is 2.57. The lowest BCUT2D eigenvalue weighted by atomic mass is 10.1. The van der Waals surface area contributed by atoms with Crippen molar-refractivity contribution in [1.29, 1.82) is 0 Å². The Morgan fingerprint density at radius 3 is 2.58 bits per heavy atom. The maximum atomic E-state index is 12.7. The van der Waals surface area contributed by atoms with Crippen molar-refractivity contribution < 1.29 is 28.2 Å². The summed E-state index contributed by atoms with van der Waals surface area (Å²) in [6.45, 7) is 1.31. The summed E-state index contributed by atoms with van der Waals surface area (Å²) in [5, 5.41) is 8.88. The predicted octanol–water partition coefficient (Wildman–Crippen LogP) is 1.32. The summed E-state index contributed by atoms with van der Waals surface area (Å²) in [6.07, 6.45) is 0. The van der Waals surface area contributed by atoms with Crippen LogP contribution in [0, 0.1) is 0 Å². The Bertz CT molecular complexity index is 549. The molecule has 1 aliphatic heterocycles. The van der Waals surface area contributed by atoms with Crippen molar-refractivity contribution in [2.45, 2.75) is 20.1 Å². The molecule has 0 spiro atoms. The number of benzene rings is 1. The second-order valence-corrected chi connectivity index (χ2v) is 5.37. The van der Waals surface area contributed by atoms with Crippen LogP contribution in [0.4, 0.5) is 8.78 Å². The van der Waals surface area contributed by atoms with Crippen LogP contribution >= 0.6 is 0 Å². The Morgan fingerprint density at radius 2 is 2.00 bits per heavy atom. The van der Waals surface area contributed by atoms with E-state index in [9.17, 15) is 13.6 Å². The number of alkyl halides is 2. The number of ether oxygens (including phenoxy) is 2. The summed E-state index contributed by atoms with van der Waals surface area (Å²) in [7, 11) is 0. The number of amides is 1. The van der Waals surface area contributed by atoms with Crippen LogP contribution in [-0.4, -0.2) is 66.8 Å². The van der Waals surface area contributed by atoms with Crippen molar-refractivity contribution in [3.8, 4) is 11.5 Å². The summed E-state index contributed by atoms with van der Waals surface area (Å²) in [5.74, 6) is 0.0577. The molecule has 0 aromatic heterocycles. The van der Waals surface area contributed by atoms with Gasteiger partial charge in [0.2, 0.25) is 5.91 Å². The zero-order valence-electron chi connectivity index (χ0n) is 13.6. The van der Waals surface area contributed by atoms with Crippen LogP contribution in [0.5, 0.6) is 11.5 Å². The third kappa shape index (κ3) is 4.78. The average molecular weight is 344 g/mol. The first kappa shape index (κ1) is 18.4. The van der Waals surface area contributed by atoms with Crippen molar-refractivity contribution in [3.05, 3.63) is 23.8 Å². The van der Waals surface area contributed by atoms with Gasteiger partial charge in [-0.15, -0.1) is 0 Å². The first-order chi connectivity index (χ1) is 11.5. The highest BCUT2D eigenvalue weighted by Gasteiger charge is 2.23. The van der Waals surface area contributed by atoms with E-state index < -0.39 is 13.2 Å². The minimum Gasteiger partial charge on any atom is -0.490 e. The lowest BCUT2D eigenvalue weighted by Crippen LogP contribution is -2.49. The van der Waals surface area contributed by atoms with Gasteiger partial charge in [0.05, 0.1) is 6.61 Å². The number of nitrogens with zero attached hydrogens (tertiary/aromatic N) is 2. The molecular formula is C16H22F2N2O4. The molecule has 1 N–H and O–H groups in total. The number of halogens is 2. The Kier molecular flexibility index (Phi) is 6.74. The highest BCUT2D eigenvalue weighted by molar-refractivity contribution is 5.77. The fraction of sp³-hybridized carbons (Fsp3) is 0.562. The number of hydrogen-bond acceptors (Lipinski definition) is 5. The van der Waals surface area contributed by atoms with E-state index >= 15 is 0 Å². The molecule has 24 heavy (non-hydrogen) atoms. The lowest BCUT2D eigenvalue weighted by molar-refractivity contribution is -0.136. The van der Waals surface area contributed by atoms with Gasteiger partial charge in [-0.1, -0.05) is 12.1 Å². The lowest BCUT2D eigenvalue weighted by Gasteiger charge is -2.34. The van der Waals surface area contributed by atoms with Crippen LogP contribution < -0.4 is 9.47 Å². The first-order valence-corrected chi connectivity index (χ1v) is 7.85.